The van der Waals surface area contributed by atoms with Crippen molar-refractivity contribution in [1.82, 2.24) is 15.1 Å². The molecule has 4 nitrogen and oxygen atoms in total. The molecule has 0 bridgehead atoms. The van der Waals surface area contributed by atoms with Crippen LogP contribution < -0.4 is 4.68 Å². The van der Waals surface area contributed by atoms with E-state index in [1.807, 2.05) is 31.2 Å². The van der Waals surface area contributed by atoms with Gasteiger partial charge in [0, 0.05) is 9.80 Å². The Labute approximate surface area is 167 Å². The van der Waals surface area contributed by atoms with Crippen LogP contribution in [-0.4, -0.2) is 15.1 Å². The van der Waals surface area contributed by atoms with Crippen molar-refractivity contribution in [1.29, 1.82) is 0 Å². The number of alkyl halides is 3. The van der Waals surface area contributed by atoms with Gasteiger partial charge in [-0.2, -0.15) is 13.2 Å². The summed E-state index contributed by atoms with van der Waals surface area (Å²) in [6.45, 7) is 1.96. The Morgan fingerprint density at radius 2 is 1.52 bits per heavy atom. The van der Waals surface area contributed by atoms with E-state index in [0.29, 0.717) is 16.7 Å². The Morgan fingerprint density at radius 1 is 0.897 bits per heavy atom. The van der Waals surface area contributed by atoms with Gasteiger partial charge in [0.15, 0.2) is 12.6 Å². The van der Waals surface area contributed by atoms with Gasteiger partial charge in [-0.3, -0.25) is 0 Å². The molecule has 0 saturated carbocycles. The molecule has 0 amide bonds. The van der Waals surface area contributed by atoms with Gasteiger partial charge in [-0.15, -0.1) is 11.3 Å². The van der Waals surface area contributed by atoms with Gasteiger partial charge in [0.25, 0.3) is 5.69 Å². The number of aromatic nitrogens is 4. The Hall–Kier alpha value is -3.13. The summed E-state index contributed by atoms with van der Waals surface area (Å²) in [4.78, 5) is 9.72. The lowest BCUT2D eigenvalue weighted by Crippen LogP contribution is -2.39. The molecule has 0 aliphatic heterocycles. The molecule has 0 radical (unpaired) electrons. The Balaban J connectivity index is 1.96. The normalized spacial score (nSPS) is 12.3. The van der Waals surface area contributed by atoms with Gasteiger partial charge in [-0.05, 0) is 36.1 Å². The van der Waals surface area contributed by atoms with E-state index in [1.165, 1.54) is 23.1 Å². The van der Waals surface area contributed by atoms with Crippen molar-refractivity contribution in [3.05, 3.63) is 59.8 Å². The fraction of sp³-hybridized carbons (Fsp3) is 0.143. The maximum absolute atomic E-state index is 13.7. The smallest absolute Gasteiger partial charge is 0.242 e. The second-order valence-corrected chi connectivity index (χ2v) is 7.83. The third kappa shape index (κ3) is 2.74. The number of benzene rings is 2. The minimum atomic E-state index is -4.64. The zero-order valence-electron chi connectivity index (χ0n) is 15.4. The SMILES string of the molecule is Cc1c(-c2c3nc4ccccc4nc3c(C(F)(F)F)n[n+]2C)sc2ccccc12. The number of aryl methyl sites for hydroxylation is 2. The first kappa shape index (κ1) is 17.9. The third-order valence-electron chi connectivity index (χ3n) is 4.92. The molecule has 0 fully saturated rings. The number of halogens is 3. The van der Waals surface area contributed by atoms with Gasteiger partial charge >= 0.3 is 6.18 Å². The molecular formula is C21H14F3N4S+. The number of rotatable bonds is 1. The molecular weight excluding hydrogens is 397 g/mol. The molecule has 2 aromatic carbocycles. The average Bonchev–Trinajstić information content (AvgIpc) is 3.02. The highest BCUT2D eigenvalue weighted by atomic mass is 32.1. The van der Waals surface area contributed by atoms with Gasteiger partial charge in [-0.25, -0.2) is 9.97 Å². The molecule has 29 heavy (non-hydrogen) atoms. The largest absolute Gasteiger partial charge is 0.441 e. The van der Waals surface area contributed by atoms with Crippen molar-refractivity contribution in [3.8, 4) is 10.6 Å². The average molecular weight is 411 g/mol. The highest BCUT2D eigenvalue weighted by Crippen LogP contribution is 2.40. The lowest BCUT2D eigenvalue weighted by Gasteiger charge is -2.10. The predicted octanol–water partition coefficient (Wildman–Crippen LogP) is 5.21. The van der Waals surface area contributed by atoms with Crippen molar-refractivity contribution in [2.75, 3.05) is 0 Å². The Morgan fingerprint density at radius 3 is 2.17 bits per heavy atom. The minimum absolute atomic E-state index is 0.197. The zero-order valence-corrected chi connectivity index (χ0v) is 16.3. The molecule has 5 aromatic rings. The van der Waals surface area contributed by atoms with E-state index in [0.717, 1.165) is 20.5 Å². The molecule has 5 rings (SSSR count). The van der Waals surface area contributed by atoms with Crippen molar-refractivity contribution in [3.63, 3.8) is 0 Å². The van der Waals surface area contributed by atoms with Gasteiger partial charge in [0.05, 0.1) is 11.0 Å². The van der Waals surface area contributed by atoms with Gasteiger partial charge < -0.3 is 0 Å². The summed E-state index contributed by atoms with van der Waals surface area (Å²) in [7, 11) is 1.52. The number of para-hydroxylation sites is 2. The van der Waals surface area contributed by atoms with E-state index < -0.39 is 11.9 Å². The lowest BCUT2D eigenvalue weighted by atomic mass is 10.1. The molecule has 0 aliphatic rings. The van der Waals surface area contributed by atoms with Crippen LogP contribution in [0.5, 0.6) is 0 Å². The molecule has 8 heteroatoms. The van der Waals surface area contributed by atoms with Crippen molar-refractivity contribution in [2.45, 2.75) is 13.1 Å². The second-order valence-electron chi connectivity index (χ2n) is 6.78. The van der Waals surface area contributed by atoms with Crippen LogP contribution in [0, 0.1) is 6.92 Å². The van der Waals surface area contributed by atoms with Crippen molar-refractivity contribution < 1.29 is 17.9 Å². The highest BCUT2D eigenvalue weighted by Gasteiger charge is 2.41. The van der Waals surface area contributed by atoms with Crippen LogP contribution in [-0.2, 0) is 13.2 Å². The molecule has 0 unspecified atom stereocenters. The predicted molar refractivity (Wildman–Crippen MR) is 107 cm³/mol. The van der Waals surface area contributed by atoms with Crippen LogP contribution >= 0.6 is 11.3 Å². The minimum Gasteiger partial charge on any atom is -0.242 e. The number of hydrogen-bond donors (Lipinski definition) is 0. The van der Waals surface area contributed by atoms with Gasteiger partial charge in [-0.1, -0.05) is 35.0 Å². The van der Waals surface area contributed by atoms with Crippen LogP contribution in [0.1, 0.15) is 11.3 Å². The summed E-state index contributed by atoms with van der Waals surface area (Å²) in [6, 6.07) is 14.8. The quantitative estimate of drug-likeness (QED) is 0.281. The third-order valence-corrected chi connectivity index (χ3v) is 6.20. The van der Waals surface area contributed by atoms with E-state index >= 15 is 0 Å². The first-order valence-electron chi connectivity index (χ1n) is 8.87. The molecule has 0 atom stereocenters. The maximum atomic E-state index is 13.7. The number of fused-ring (bicyclic) bond motifs is 3. The Bertz CT molecular complexity index is 1420. The molecule has 0 spiro atoms. The monoisotopic (exact) mass is 411 g/mol. The summed E-state index contributed by atoms with van der Waals surface area (Å²) in [5, 5.41) is 4.93. The van der Waals surface area contributed by atoms with Crippen LogP contribution in [0.2, 0.25) is 0 Å². The maximum Gasteiger partial charge on any atom is 0.441 e. The fourth-order valence-electron chi connectivity index (χ4n) is 3.58. The van der Waals surface area contributed by atoms with E-state index in [1.54, 1.807) is 24.3 Å². The highest BCUT2D eigenvalue weighted by molar-refractivity contribution is 7.22. The van der Waals surface area contributed by atoms with Crippen LogP contribution in [0.4, 0.5) is 13.2 Å². The first-order chi connectivity index (χ1) is 13.8. The first-order valence-corrected chi connectivity index (χ1v) is 9.69. The van der Waals surface area contributed by atoms with Gasteiger partial charge in [0.1, 0.15) is 10.4 Å². The molecule has 0 aliphatic carbocycles. The number of hydrogen-bond acceptors (Lipinski definition) is 4. The molecule has 144 valence electrons. The standard InChI is InChI=1S/C21H14F3N4S/c1-11-12-7-3-6-10-15(12)29-19(11)18-16-17(20(21(22,23)24)27-28(18)2)26-14-9-5-4-8-13(14)25-16/h3-10H,1-2H3/q+1. The molecule has 0 N–H and O–H groups in total. The summed E-state index contributed by atoms with van der Waals surface area (Å²) in [5.74, 6) is 0. The van der Waals surface area contributed by atoms with E-state index in [2.05, 4.69) is 15.1 Å². The van der Waals surface area contributed by atoms with Crippen LogP contribution in [0.25, 0.3) is 42.7 Å². The fourth-order valence-corrected chi connectivity index (χ4v) is 4.86. The number of thiophene rings is 1. The van der Waals surface area contributed by atoms with E-state index in [4.69, 9.17) is 0 Å². The van der Waals surface area contributed by atoms with Crippen molar-refractivity contribution in [2.24, 2.45) is 7.05 Å². The van der Waals surface area contributed by atoms with Crippen molar-refractivity contribution >= 4 is 43.5 Å². The topological polar surface area (TPSA) is 42.6 Å². The zero-order chi connectivity index (χ0) is 20.3. The summed E-state index contributed by atoms with van der Waals surface area (Å²) in [5.41, 5.74) is 1.39. The summed E-state index contributed by atoms with van der Waals surface area (Å²) >= 11 is 1.51. The lowest BCUT2D eigenvalue weighted by molar-refractivity contribution is -0.720. The van der Waals surface area contributed by atoms with Crippen LogP contribution in [0.3, 0.4) is 0 Å². The molecule has 0 saturated heterocycles. The Kier molecular flexibility index (Phi) is 3.82. The van der Waals surface area contributed by atoms with E-state index in [9.17, 15) is 13.2 Å². The summed E-state index contributed by atoms with van der Waals surface area (Å²) in [6.07, 6.45) is -4.64. The molecule has 3 aromatic heterocycles. The van der Waals surface area contributed by atoms with E-state index in [-0.39, 0.29) is 11.0 Å². The second kappa shape index (κ2) is 6.18. The summed E-state index contributed by atoms with van der Waals surface area (Å²) < 4.78 is 43.5. The van der Waals surface area contributed by atoms with Gasteiger partial charge in [0.2, 0.25) is 5.69 Å². The van der Waals surface area contributed by atoms with Crippen LogP contribution in [0.15, 0.2) is 48.5 Å². The molecule has 3 heterocycles. The number of nitrogens with zero attached hydrogens (tertiary/aromatic N) is 4.